The predicted octanol–water partition coefficient (Wildman–Crippen LogP) is 4.07. The first kappa shape index (κ1) is 16.0. The molecule has 3 aromatic rings. The average Bonchev–Trinajstić information content (AvgIpc) is 2.56. The van der Waals surface area contributed by atoms with Crippen molar-refractivity contribution in [2.24, 2.45) is 0 Å². The van der Waals surface area contributed by atoms with Gasteiger partial charge in [-0.2, -0.15) is 0 Å². The molecule has 5 nitrogen and oxygen atoms in total. The van der Waals surface area contributed by atoms with Gasteiger partial charge in [0.15, 0.2) is 14.9 Å². The molecule has 0 aliphatic carbocycles. The fourth-order valence-corrected chi connectivity index (χ4v) is 2.58. The largest absolute Gasteiger partial charge is 0.457 e. The van der Waals surface area contributed by atoms with Crippen LogP contribution in [-0.2, 0) is 9.84 Å². The number of nitrogens with zero attached hydrogens (tertiary/aromatic N) is 1. The molecular formula is C18H15NO4S. The highest BCUT2D eigenvalue weighted by Gasteiger charge is 2.14. The minimum atomic E-state index is -3.50. The molecule has 1 aromatic heterocycles. The summed E-state index contributed by atoms with van der Waals surface area (Å²) in [7, 11) is -3.50. The number of ether oxygens (including phenoxy) is 2. The van der Waals surface area contributed by atoms with Crippen LogP contribution < -0.4 is 9.47 Å². The minimum absolute atomic E-state index is 0.109. The number of para-hydroxylation sites is 2. The van der Waals surface area contributed by atoms with E-state index in [9.17, 15) is 8.42 Å². The van der Waals surface area contributed by atoms with Crippen LogP contribution in [0.25, 0.3) is 0 Å². The second-order valence-electron chi connectivity index (χ2n) is 5.08. The summed E-state index contributed by atoms with van der Waals surface area (Å²) in [4.78, 5) is 4.05. The monoisotopic (exact) mass is 341 g/mol. The van der Waals surface area contributed by atoms with Gasteiger partial charge in [0.2, 0.25) is 5.88 Å². The second kappa shape index (κ2) is 6.72. The summed E-state index contributed by atoms with van der Waals surface area (Å²) in [5.74, 6) is 1.63. The molecule has 0 saturated carbocycles. The summed E-state index contributed by atoms with van der Waals surface area (Å²) < 4.78 is 35.1. The zero-order valence-corrected chi connectivity index (χ0v) is 13.7. The lowest BCUT2D eigenvalue weighted by atomic mass is 10.3. The fraction of sp³-hybridized carbons (Fsp3) is 0.0556. The number of rotatable bonds is 5. The molecule has 0 atom stereocenters. The summed E-state index contributed by atoms with van der Waals surface area (Å²) in [5, 5.41) is -0.109. The second-order valence-corrected chi connectivity index (χ2v) is 7.04. The Morgan fingerprint density at radius 2 is 1.29 bits per heavy atom. The van der Waals surface area contributed by atoms with Crippen molar-refractivity contribution in [3.8, 4) is 23.1 Å². The van der Waals surface area contributed by atoms with Crippen LogP contribution in [0.3, 0.4) is 0 Å². The predicted molar refractivity (Wildman–Crippen MR) is 90.4 cm³/mol. The van der Waals surface area contributed by atoms with Gasteiger partial charge < -0.3 is 9.47 Å². The Morgan fingerprint density at radius 3 is 1.83 bits per heavy atom. The van der Waals surface area contributed by atoms with Crippen molar-refractivity contribution >= 4 is 9.84 Å². The van der Waals surface area contributed by atoms with Gasteiger partial charge in [0.1, 0.15) is 17.2 Å². The van der Waals surface area contributed by atoms with Crippen LogP contribution in [0.15, 0.2) is 77.8 Å². The van der Waals surface area contributed by atoms with Crippen molar-refractivity contribution in [2.75, 3.05) is 6.26 Å². The molecule has 0 amide bonds. The Morgan fingerprint density at radius 1 is 0.750 bits per heavy atom. The summed E-state index contributed by atoms with van der Waals surface area (Å²) in [5.41, 5.74) is 0. The van der Waals surface area contributed by atoms with Crippen molar-refractivity contribution in [3.05, 3.63) is 72.8 Å². The lowest BCUT2D eigenvalue weighted by Crippen LogP contribution is -2.02. The normalized spacial score (nSPS) is 11.0. The maximum Gasteiger partial charge on any atom is 0.224 e. The maximum atomic E-state index is 11.9. The molecule has 0 saturated heterocycles. The summed E-state index contributed by atoms with van der Waals surface area (Å²) >= 11 is 0. The van der Waals surface area contributed by atoms with Crippen LogP contribution in [-0.4, -0.2) is 19.7 Å². The third kappa shape index (κ3) is 4.11. The Kier molecular flexibility index (Phi) is 4.48. The molecule has 0 aliphatic heterocycles. The Balaban J connectivity index is 1.97. The molecule has 0 unspecified atom stereocenters. The number of benzene rings is 2. The van der Waals surface area contributed by atoms with Crippen LogP contribution in [0.4, 0.5) is 0 Å². The van der Waals surface area contributed by atoms with Crippen molar-refractivity contribution in [2.45, 2.75) is 5.03 Å². The van der Waals surface area contributed by atoms with E-state index in [0.717, 1.165) is 6.26 Å². The third-order valence-electron chi connectivity index (χ3n) is 3.08. The SMILES string of the molecule is CS(=O)(=O)c1cc(Oc2ccccc2)cc(Oc2ccccc2)n1. The van der Waals surface area contributed by atoms with Gasteiger partial charge in [-0.05, 0) is 24.3 Å². The van der Waals surface area contributed by atoms with Crippen molar-refractivity contribution < 1.29 is 17.9 Å². The van der Waals surface area contributed by atoms with Crippen LogP contribution in [0.5, 0.6) is 23.1 Å². The summed E-state index contributed by atoms with van der Waals surface area (Å²) in [6, 6.07) is 21.0. The van der Waals surface area contributed by atoms with Crippen LogP contribution in [0, 0.1) is 0 Å². The smallest absolute Gasteiger partial charge is 0.224 e. The van der Waals surface area contributed by atoms with Gasteiger partial charge >= 0.3 is 0 Å². The van der Waals surface area contributed by atoms with E-state index >= 15 is 0 Å². The van der Waals surface area contributed by atoms with Gasteiger partial charge in [0.25, 0.3) is 0 Å². The first-order valence-corrected chi connectivity index (χ1v) is 9.08. The molecule has 0 fully saturated rings. The molecule has 1 heterocycles. The molecule has 0 spiro atoms. The van der Waals surface area contributed by atoms with E-state index in [1.54, 1.807) is 30.3 Å². The van der Waals surface area contributed by atoms with E-state index in [2.05, 4.69) is 4.98 Å². The van der Waals surface area contributed by atoms with Crippen LogP contribution in [0.2, 0.25) is 0 Å². The molecule has 122 valence electrons. The summed E-state index contributed by atoms with van der Waals surface area (Å²) in [6.45, 7) is 0. The molecule has 24 heavy (non-hydrogen) atoms. The van der Waals surface area contributed by atoms with Gasteiger partial charge in [-0.3, -0.25) is 0 Å². The van der Waals surface area contributed by atoms with E-state index in [-0.39, 0.29) is 10.9 Å². The number of aromatic nitrogens is 1. The van der Waals surface area contributed by atoms with Gasteiger partial charge in [-0.15, -0.1) is 0 Å². The van der Waals surface area contributed by atoms with Gasteiger partial charge in [0, 0.05) is 18.4 Å². The Hall–Kier alpha value is -2.86. The topological polar surface area (TPSA) is 65.5 Å². The molecule has 6 heteroatoms. The molecular weight excluding hydrogens is 326 g/mol. The molecule has 0 aliphatic rings. The average molecular weight is 341 g/mol. The lowest BCUT2D eigenvalue weighted by Gasteiger charge is -2.10. The van der Waals surface area contributed by atoms with Gasteiger partial charge in [0.05, 0.1) is 0 Å². The Bertz CT molecular complexity index is 866. The lowest BCUT2D eigenvalue weighted by molar-refractivity contribution is 0.439. The highest BCUT2D eigenvalue weighted by atomic mass is 32.2. The van der Waals surface area contributed by atoms with E-state index in [0.29, 0.717) is 17.2 Å². The van der Waals surface area contributed by atoms with Crippen LogP contribution >= 0.6 is 0 Å². The first-order chi connectivity index (χ1) is 11.5. The standard InChI is InChI=1S/C18H15NO4S/c1-24(20,21)18-13-16(22-14-8-4-2-5-9-14)12-17(19-18)23-15-10-6-3-7-11-15/h2-13H,1H3. The van der Waals surface area contributed by atoms with Crippen LogP contribution in [0.1, 0.15) is 0 Å². The summed E-state index contributed by atoms with van der Waals surface area (Å²) in [6.07, 6.45) is 1.09. The molecule has 0 N–H and O–H groups in total. The van der Waals surface area contributed by atoms with E-state index in [1.165, 1.54) is 6.07 Å². The number of sulfone groups is 1. The van der Waals surface area contributed by atoms with Crippen molar-refractivity contribution in [1.29, 1.82) is 0 Å². The Labute approximate surface area is 140 Å². The third-order valence-corrected chi connectivity index (χ3v) is 4.05. The zero-order chi connectivity index (χ0) is 17.0. The zero-order valence-electron chi connectivity index (χ0n) is 12.9. The quantitative estimate of drug-likeness (QED) is 0.700. The minimum Gasteiger partial charge on any atom is -0.457 e. The van der Waals surface area contributed by atoms with Gasteiger partial charge in [-0.1, -0.05) is 36.4 Å². The highest BCUT2D eigenvalue weighted by molar-refractivity contribution is 7.90. The maximum absolute atomic E-state index is 11.9. The molecule has 0 bridgehead atoms. The number of hydrogen-bond donors (Lipinski definition) is 0. The molecule has 3 rings (SSSR count). The van der Waals surface area contributed by atoms with Gasteiger partial charge in [-0.25, -0.2) is 13.4 Å². The van der Waals surface area contributed by atoms with E-state index in [4.69, 9.17) is 9.47 Å². The number of hydrogen-bond acceptors (Lipinski definition) is 5. The van der Waals surface area contributed by atoms with E-state index < -0.39 is 9.84 Å². The molecule has 2 aromatic carbocycles. The molecule has 0 radical (unpaired) electrons. The van der Waals surface area contributed by atoms with Crippen molar-refractivity contribution in [1.82, 2.24) is 4.98 Å². The van der Waals surface area contributed by atoms with E-state index in [1.807, 2.05) is 36.4 Å². The van der Waals surface area contributed by atoms with Crippen molar-refractivity contribution in [3.63, 3.8) is 0 Å². The fourth-order valence-electron chi connectivity index (χ4n) is 1.99. The highest BCUT2D eigenvalue weighted by Crippen LogP contribution is 2.29. The number of pyridine rings is 1. The first-order valence-electron chi connectivity index (χ1n) is 7.19.